The molecule has 0 radical (unpaired) electrons. The van der Waals surface area contributed by atoms with Gasteiger partial charge in [0.25, 0.3) is 0 Å². The minimum atomic E-state index is -0.150. The molecule has 7 nitrogen and oxygen atoms in total. The van der Waals surface area contributed by atoms with Crippen LogP contribution in [0.15, 0.2) is 42.5 Å². The number of piperidine rings is 1. The van der Waals surface area contributed by atoms with Crippen molar-refractivity contribution in [1.29, 1.82) is 0 Å². The number of carbonyl (C=O) groups excluding carboxylic acids is 1. The van der Waals surface area contributed by atoms with E-state index in [-0.39, 0.29) is 12.0 Å². The molecule has 1 fully saturated rings. The number of rotatable bonds is 3. The first kappa shape index (κ1) is 15.6. The van der Waals surface area contributed by atoms with Crippen LogP contribution in [0.4, 0.5) is 10.7 Å². The number of hydrogen-bond acceptors (Lipinski definition) is 4. The van der Waals surface area contributed by atoms with Crippen LogP contribution in [-0.2, 0) is 6.42 Å². The van der Waals surface area contributed by atoms with Crippen LogP contribution in [-0.4, -0.2) is 44.6 Å². The maximum atomic E-state index is 12.2. The lowest BCUT2D eigenvalue weighted by Crippen LogP contribution is -2.41. The number of hydrogen-bond donors (Lipinski definition) is 2. The number of tetrazole rings is 1. The molecule has 0 spiro atoms. The van der Waals surface area contributed by atoms with Crippen molar-refractivity contribution in [3.63, 3.8) is 0 Å². The lowest BCUT2D eigenvalue weighted by Gasteiger charge is -2.31. The summed E-state index contributed by atoms with van der Waals surface area (Å²) >= 11 is 0. The van der Waals surface area contributed by atoms with Gasteiger partial charge >= 0.3 is 6.03 Å². The molecule has 2 N–H and O–H groups in total. The SMILES string of the molecule is O=C(Nc1nnn[nH]1)N1CCC(Cc2ccc3ccccc3c2)CC1. The molecule has 1 aliphatic rings. The summed E-state index contributed by atoms with van der Waals surface area (Å²) in [6, 6.07) is 15.0. The minimum Gasteiger partial charge on any atom is -0.324 e. The zero-order chi connectivity index (χ0) is 17.1. The quantitative estimate of drug-likeness (QED) is 0.770. The number of fused-ring (bicyclic) bond motifs is 1. The van der Waals surface area contributed by atoms with E-state index in [2.05, 4.69) is 68.4 Å². The Balaban J connectivity index is 1.32. The van der Waals surface area contributed by atoms with E-state index in [1.807, 2.05) is 4.90 Å². The summed E-state index contributed by atoms with van der Waals surface area (Å²) in [5.74, 6) is 0.889. The van der Waals surface area contributed by atoms with E-state index in [0.717, 1.165) is 32.4 Å². The number of likely N-dealkylation sites (tertiary alicyclic amines) is 1. The van der Waals surface area contributed by atoms with Crippen molar-refractivity contribution >= 4 is 22.8 Å². The van der Waals surface area contributed by atoms with Crippen LogP contribution in [0.5, 0.6) is 0 Å². The number of urea groups is 1. The van der Waals surface area contributed by atoms with Crippen molar-refractivity contribution in [2.24, 2.45) is 5.92 Å². The second-order valence-corrected chi connectivity index (χ2v) is 6.50. The molecule has 1 aromatic heterocycles. The van der Waals surface area contributed by atoms with Crippen molar-refractivity contribution in [2.75, 3.05) is 18.4 Å². The second kappa shape index (κ2) is 6.88. The first-order valence-corrected chi connectivity index (χ1v) is 8.55. The third-order valence-electron chi connectivity index (χ3n) is 4.81. The van der Waals surface area contributed by atoms with E-state index in [9.17, 15) is 4.79 Å². The van der Waals surface area contributed by atoms with Crippen molar-refractivity contribution in [3.05, 3.63) is 48.0 Å². The lowest BCUT2D eigenvalue weighted by atomic mass is 9.89. The summed E-state index contributed by atoms with van der Waals surface area (Å²) in [5, 5.41) is 18.3. The maximum absolute atomic E-state index is 12.2. The molecule has 0 aliphatic carbocycles. The minimum absolute atomic E-state index is 0.150. The molecule has 2 heterocycles. The second-order valence-electron chi connectivity index (χ2n) is 6.50. The molecule has 0 unspecified atom stereocenters. The van der Waals surface area contributed by atoms with Crippen molar-refractivity contribution in [3.8, 4) is 0 Å². The average molecular weight is 336 g/mol. The first-order valence-electron chi connectivity index (χ1n) is 8.55. The van der Waals surface area contributed by atoms with Crippen molar-refractivity contribution < 1.29 is 4.79 Å². The number of amides is 2. The highest BCUT2D eigenvalue weighted by molar-refractivity contribution is 5.87. The van der Waals surface area contributed by atoms with Gasteiger partial charge in [0, 0.05) is 13.1 Å². The first-order chi connectivity index (χ1) is 12.3. The molecule has 2 aromatic carbocycles. The number of aromatic amines is 1. The van der Waals surface area contributed by atoms with Crippen molar-refractivity contribution in [1.82, 2.24) is 25.5 Å². The van der Waals surface area contributed by atoms with Gasteiger partial charge < -0.3 is 4.90 Å². The Morgan fingerprint density at radius 1 is 1.16 bits per heavy atom. The molecule has 128 valence electrons. The highest BCUT2D eigenvalue weighted by atomic mass is 16.2. The van der Waals surface area contributed by atoms with Crippen LogP contribution in [0.3, 0.4) is 0 Å². The summed E-state index contributed by atoms with van der Waals surface area (Å²) in [5.41, 5.74) is 1.37. The standard InChI is InChI=1S/C18H20N6O/c25-18(19-17-20-22-23-21-17)24-9-7-13(8-10-24)11-14-5-6-15-3-1-2-4-16(15)12-14/h1-6,12-13H,7-11H2,(H2,19,20,21,22,23,25). The number of anilines is 1. The number of nitrogens with zero attached hydrogens (tertiary/aromatic N) is 4. The average Bonchev–Trinajstić information content (AvgIpc) is 3.15. The number of nitrogens with one attached hydrogen (secondary N) is 2. The predicted molar refractivity (Wildman–Crippen MR) is 95.1 cm³/mol. The van der Waals surface area contributed by atoms with Crippen LogP contribution in [0.25, 0.3) is 10.8 Å². The molecule has 0 atom stereocenters. The number of carbonyl (C=O) groups is 1. The fourth-order valence-corrected chi connectivity index (χ4v) is 3.43. The summed E-state index contributed by atoms with van der Waals surface area (Å²) in [4.78, 5) is 14.0. The fraction of sp³-hybridized carbons (Fsp3) is 0.333. The fourth-order valence-electron chi connectivity index (χ4n) is 3.43. The number of aromatic nitrogens is 4. The van der Waals surface area contributed by atoms with Gasteiger partial charge in [-0.2, -0.15) is 0 Å². The van der Waals surface area contributed by atoms with E-state index < -0.39 is 0 Å². The van der Waals surface area contributed by atoms with Gasteiger partial charge in [0.05, 0.1) is 0 Å². The predicted octanol–water partition coefficient (Wildman–Crippen LogP) is 2.84. The van der Waals surface area contributed by atoms with E-state index >= 15 is 0 Å². The maximum Gasteiger partial charge on any atom is 0.324 e. The Morgan fingerprint density at radius 3 is 2.72 bits per heavy atom. The van der Waals surface area contributed by atoms with Gasteiger partial charge in [0.2, 0.25) is 5.95 Å². The Labute approximate surface area is 145 Å². The smallest absolute Gasteiger partial charge is 0.324 e. The lowest BCUT2D eigenvalue weighted by molar-refractivity contribution is 0.182. The van der Waals surface area contributed by atoms with Gasteiger partial charge in [0.1, 0.15) is 0 Å². The van der Waals surface area contributed by atoms with Crippen LogP contribution in [0, 0.1) is 5.92 Å². The van der Waals surface area contributed by atoms with Crippen LogP contribution in [0.2, 0.25) is 0 Å². The Hall–Kier alpha value is -2.96. The summed E-state index contributed by atoms with van der Waals surface area (Å²) in [7, 11) is 0. The van der Waals surface area contributed by atoms with Gasteiger partial charge in [0.15, 0.2) is 0 Å². The summed E-state index contributed by atoms with van der Waals surface area (Å²) in [6.07, 6.45) is 3.08. The van der Waals surface area contributed by atoms with Crippen LogP contribution in [0.1, 0.15) is 18.4 Å². The van der Waals surface area contributed by atoms with Crippen LogP contribution >= 0.6 is 0 Å². The molecule has 4 rings (SSSR count). The van der Waals surface area contributed by atoms with Gasteiger partial charge in [-0.05, 0) is 51.9 Å². The monoisotopic (exact) mass is 336 g/mol. The van der Waals surface area contributed by atoms with E-state index in [1.54, 1.807) is 0 Å². The van der Waals surface area contributed by atoms with Gasteiger partial charge in [-0.15, -0.1) is 0 Å². The van der Waals surface area contributed by atoms with E-state index in [1.165, 1.54) is 16.3 Å². The van der Waals surface area contributed by atoms with Crippen LogP contribution < -0.4 is 5.32 Å². The molecule has 7 heteroatoms. The molecule has 0 bridgehead atoms. The number of benzene rings is 2. The Bertz CT molecular complexity index is 855. The third-order valence-corrected chi connectivity index (χ3v) is 4.81. The Morgan fingerprint density at radius 2 is 1.96 bits per heavy atom. The molecule has 25 heavy (non-hydrogen) atoms. The summed E-state index contributed by atoms with van der Waals surface area (Å²) in [6.45, 7) is 1.51. The van der Waals surface area contributed by atoms with E-state index in [0.29, 0.717) is 5.92 Å². The van der Waals surface area contributed by atoms with Crippen molar-refractivity contribution in [2.45, 2.75) is 19.3 Å². The summed E-state index contributed by atoms with van der Waals surface area (Å²) < 4.78 is 0. The Kier molecular flexibility index (Phi) is 4.28. The zero-order valence-corrected chi connectivity index (χ0v) is 13.9. The highest BCUT2D eigenvalue weighted by Gasteiger charge is 2.23. The molecule has 1 aliphatic heterocycles. The molecular formula is C18H20N6O. The third kappa shape index (κ3) is 3.60. The highest BCUT2D eigenvalue weighted by Crippen LogP contribution is 2.24. The van der Waals surface area contributed by atoms with Gasteiger partial charge in [-0.3, -0.25) is 5.32 Å². The van der Waals surface area contributed by atoms with E-state index in [4.69, 9.17) is 0 Å². The largest absolute Gasteiger partial charge is 0.324 e. The molecule has 1 saturated heterocycles. The molecule has 3 aromatic rings. The topological polar surface area (TPSA) is 86.8 Å². The van der Waals surface area contributed by atoms with Gasteiger partial charge in [-0.25, -0.2) is 9.89 Å². The molecular weight excluding hydrogens is 316 g/mol. The zero-order valence-electron chi connectivity index (χ0n) is 13.9. The molecule has 2 amide bonds. The number of H-pyrrole nitrogens is 1. The van der Waals surface area contributed by atoms with Gasteiger partial charge in [-0.1, -0.05) is 47.6 Å². The molecule has 0 saturated carbocycles. The normalized spacial score (nSPS) is 15.4.